The third-order valence-electron chi connectivity index (χ3n) is 6.56. The summed E-state index contributed by atoms with van der Waals surface area (Å²) in [6, 6.07) is 24.1. The molecule has 1 aliphatic heterocycles. The number of benzene rings is 4. The predicted molar refractivity (Wildman–Crippen MR) is 144 cm³/mol. The van der Waals surface area contributed by atoms with Crippen LogP contribution in [-0.4, -0.2) is 17.8 Å². The van der Waals surface area contributed by atoms with Crippen molar-refractivity contribution in [3.63, 3.8) is 0 Å². The lowest BCUT2D eigenvalue weighted by Crippen LogP contribution is -2.54. The molecule has 4 aromatic rings. The summed E-state index contributed by atoms with van der Waals surface area (Å²) in [5.41, 5.74) is 4.79. The number of anilines is 1. The van der Waals surface area contributed by atoms with Gasteiger partial charge in [0.15, 0.2) is 0 Å². The Labute approximate surface area is 215 Å². The van der Waals surface area contributed by atoms with Crippen LogP contribution in [0.15, 0.2) is 84.4 Å². The van der Waals surface area contributed by atoms with Gasteiger partial charge in [0.1, 0.15) is 17.9 Å². The number of nitrogens with one attached hydrogen (secondary N) is 1. The molecule has 4 aromatic carbocycles. The molecular weight excluding hydrogens is 464 g/mol. The van der Waals surface area contributed by atoms with Crippen molar-refractivity contribution in [2.75, 3.05) is 4.90 Å². The molecule has 37 heavy (non-hydrogen) atoms. The van der Waals surface area contributed by atoms with E-state index in [0.29, 0.717) is 23.6 Å². The summed E-state index contributed by atoms with van der Waals surface area (Å²) in [4.78, 5) is 39.8. The molecule has 0 spiro atoms. The van der Waals surface area contributed by atoms with Gasteiger partial charge < -0.3 is 4.74 Å². The Morgan fingerprint density at radius 1 is 0.838 bits per heavy atom. The Bertz CT molecular complexity index is 1600. The van der Waals surface area contributed by atoms with E-state index in [-0.39, 0.29) is 5.57 Å². The number of carbonyl (C=O) groups is 3. The van der Waals surface area contributed by atoms with Crippen molar-refractivity contribution in [1.82, 2.24) is 5.32 Å². The molecule has 0 aromatic heterocycles. The maximum absolute atomic E-state index is 13.4. The van der Waals surface area contributed by atoms with Crippen molar-refractivity contribution < 1.29 is 19.1 Å². The molecule has 6 nitrogen and oxygen atoms in total. The second kappa shape index (κ2) is 9.74. The number of hydrogen-bond acceptors (Lipinski definition) is 4. The normalized spacial score (nSPS) is 14.8. The highest BCUT2D eigenvalue weighted by atomic mass is 16.5. The number of aryl methyl sites for hydroxylation is 3. The summed E-state index contributed by atoms with van der Waals surface area (Å²) in [7, 11) is 0. The fraction of sp³-hybridized carbons (Fsp3) is 0.129. The van der Waals surface area contributed by atoms with Gasteiger partial charge in [-0.05, 0) is 60.9 Å². The van der Waals surface area contributed by atoms with Gasteiger partial charge in [-0.1, -0.05) is 72.3 Å². The van der Waals surface area contributed by atoms with Crippen molar-refractivity contribution in [2.45, 2.75) is 27.4 Å². The summed E-state index contributed by atoms with van der Waals surface area (Å²) in [6.07, 6.45) is 1.48. The molecule has 0 saturated carbocycles. The molecule has 184 valence electrons. The first kappa shape index (κ1) is 24.0. The Balaban J connectivity index is 1.48. The lowest BCUT2D eigenvalue weighted by Gasteiger charge is -2.27. The summed E-state index contributed by atoms with van der Waals surface area (Å²) in [5.74, 6) is -0.894. The first-order valence-corrected chi connectivity index (χ1v) is 12.0. The molecule has 0 radical (unpaired) electrons. The second-order valence-corrected chi connectivity index (χ2v) is 9.16. The van der Waals surface area contributed by atoms with Crippen LogP contribution in [0.1, 0.15) is 27.8 Å². The highest BCUT2D eigenvalue weighted by Gasteiger charge is 2.37. The van der Waals surface area contributed by atoms with E-state index in [2.05, 4.69) is 29.6 Å². The fourth-order valence-corrected chi connectivity index (χ4v) is 4.61. The van der Waals surface area contributed by atoms with Gasteiger partial charge in [0.2, 0.25) is 0 Å². The number of nitrogens with zero attached hydrogens (tertiary/aromatic N) is 1. The number of fused-ring (bicyclic) bond motifs is 1. The minimum absolute atomic E-state index is 0.142. The molecule has 1 fully saturated rings. The molecule has 5 rings (SSSR count). The summed E-state index contributed by atoms with van der Waals surface area (Å²) < 4.78 is 6.22. The maximum atomic E-state index is 13.4. The smallest absolute Gasteiger partial charge is 0.335 e. The number of para-hydroxylation sites is 1. The van der Waals surface area contributed by atoms with Gasteiger partial charge in [-0.3, -0.25) is 14.9 Å². The second-order valence-electron chi connectivity index (χ2n) is 9.16. The first-order chi connectivity index (χ1) is 17.8. The van der Waals surface area contributed by atoms with Gasteiger partial charge >= 0.3 is 6.03 Å². The molecule has 0 aliphatic carbocycles. The zero-order chi connectivity index (χ0) is 26.1. The third kappa shape index (κ3) is 4.61. The quantitative estimate of drug-likeness (QED) is 0.275. The van der Waals surface area contributed by atoms with Crippen LogP contribution in [-0.2, 0) is 16.2 Å². The van der Waals surface area contributed by atoms with Crippen LogP contribution in [0.5, 0.6) is 5.75 Å². The van der Waals surface area contributed by atoms with Crippen LogP contribution in [0.3, 0.4) is 0 Å². The Morgan fingerprint density at radius 2 is 1.59 bits per heavy atom. The zero-order valence-corrected chi connectivity index (χ0v) is 20.9. The number of rotatable bonds is 5. The summed E-state index contributed by atoms with van der Waals surface area (Å²) in [5, 5.41) is 4.53. The van der Waals surface area contributed by atoms with Crippen LogP contribution in [0.2, 0.25) is 0 Å². The van der Waals surface area contributed by atoms with Crippen LogP contribution < -0.4 is 15.0 Å². The monoisotopic (exact) mass is 490 g/mol. The van der Waals surface area contributed by atoms with Crippen molar-refractivity contribution in [3.05, 3.63) is 112 Å². The molecule has 6 heteroatoms. The number of ether oxygens (including phenoxy) is 1. The van der Waals surface area contributed by atoms with Crippen molar-refractivity contribution in [1.29, 1.82) is 0 Å². The molecular formula is C31H26N2O4. The lowest BCUT2D eigenvalue weighted by molar-refractivity contribution is -0.122. The van der Waals surface area contributed by atoms with E-state index >= 15 is 0 Å². The van der Waals surface area contributed by atoms with E-state index in [0.717, 1.165) is 37.9 Å². The average Bonchev–Trinajstić information content (AvgIpc) is 2.87. The minimum atomic E-state index is -0.768. The van der Waals surface area contributed by atoms with Crippen LogP contribution in [0.4, 0.5) is 10.5 Å². The number of carbonyl (C=O) groups excluding carboxylic acids is 3. The van der Waals surface area contributed by atoms with Gasteiger partial charge in [0.05, 0.1) is 5.69 Å². The number of barbiturate groups is 1. The standard InChI is InChI=1S/C31H26N2O4/c1-19-12-15-27(21(3)16-19)33-30(35)25(29(34)32-31(33)36)17-23-9-5-7-11-28(23)37-18-26-20(2)13-14-22-8-4-6-10-24(22)26/h4-17H,18H2,1-3H3,(H,32,34,36)/b25-17+. The Kier molecular flexibility index (Phi) is 6.32. The molecule has 0 bridgehead atoms. The van der Waals surface area contributed by atoms with Crippen molar-refractivity contribution in [3.8, 4) is 5.75 Å². The molecule has 1 saturated heterocycles. The number of amides is 4. The molecule has 1 heterocycles. The molecule has 0 unspecified atom stereocenters. The number of imide groups is 2. The first-order valence-electron chi connectivity index (χ1n) is 12.0. The largest absolute Gasteiger partial charge is 0.488 e. The fourth-order valence-electron chi connectivity index (χ4n) is 4.61. The van der Waals surface area contributed by atoms with Crippen LogP contribution >= 0.6 is 0 Å². The highest BCUT2D eigenvalue weighted by molar-refractivity contribution is 6.39. The third-order valence-corrected chi connectivity index (χ3v) is 6.56. The average molecular weight is 491 g/mol. The minimum Gasteiger partial charge on any atom is -0.488 e. The van der Waals surface area contributed by atoms with Gasteiger partial charge in [0.25, 0.3) is 11.8 Å². The Morgan fingerprint density at radius 3 is 2.41 bits per heavy atom. The van der Waals surface area contributed by atoms with E-state index in [1.165, 1.54) is 6.08 Å². The van der Waals surface area contributed by atoms with E-state index in [1.54, 1.807) is 24.3 Å². The summed E-state index contributed by atoms with van der Waals surface area (Å²) in [6.45, 7) is 6.12. The SMILES string of the molecule is Cc1ccc(N2C(=O)NC(=O)/C(=C\c3ccccc3OCc3c(C)ccc4ccccc34)C2=O)c(C)c1. The van der Waals surface area contributed by atoms with E-state index in [9.17, 15) is 14.4 Å². The lowest BCUT2D eigenvalue weighted by atomic mass is 10.0. The Hall–Kier alpha value is -4.71. The molecule has 0 atom stereocenters. The van der Waals surface area contributed by atoms with Gasteiger partial charge in [-0.2, -0.15) is 0 Å². The van der Waals surface area contributed by atoms with Gasteiger partial charge in [-0.15, -0.1) is 0 Å². The number of urea groups is 1. The van der Waals surface area contributed by atoms with Crippen molar-refractivity contribution in [2.24, 2.45) is 0 Å². The van der Waals surface area contributed by atoms with E-state index < -0.39 is 17.8 Å². The van der Waals surface area contributed by atoms with Crippen LogP contribution in [0, 0.1) is 20.8 Å². The molecule has 1 N–H and O–H groups in total. The number of hydrogen-bond donors (Lipinski definition) is 1. The topological polar surface area (TPSA) is 75.7 Å². The summed E-state index contributed by atoms with van der Waals surface area (Å²) >= 11 is 0. The maximum Gasteiger partial charge on any atom is 0.335 e. The van der Waals surface area contributed by atoms with E-state index in [4.69, 9.17) is 4.74 Å². The van der Waals surface area contributed by atoms with Gasteiger partial charge in [-0.25, -0.2) is 9.69 Å². The predicted octanol–water partition coefficient (Wildman–Crippen LogP) is 6.01. The van der Waals surface area contributed by atoms with E-state index in [1.807, 2.05) is 51.1 Å². The highest BCUT2D eigenvalue weighted by Crippen LogP contribution is 2.29. The molecule has 4 amide bonds. The van der Waals surface area contributed by atoms with Crippen molar-refractivity contribution >= 4 is 40.4 Å². The van der Waals surface area contributed by atoms with Crippen LogP contribution in [0.25, 0.3) is 16.8 Å². The van der Waals surface area contributed by atoms with Gasteiger partial charge in [0, 0.05) is 11.1 Å². The zero-order valence-electron chi connectivity index (χ0n) is 20.9. The molecule has 1 aliphatic rings.